The van der Waals surface area contributed by atoms with Gasteiger partial charge in [0.2, 0.25) is 0 Å². The van der Waals surface area contributed by atoms with Crippen LogP contribution in [-0.2, 0) is 22.4 Å². The van der Waals surface area contributed by atoms with Gasteiger partial charge < -0.3 is 15.2 Å². The number of fused-ring (bicyclic) bond motifs is 1. The van der Waals surface area contributed by atoms with E-state index in [-0.39, 0.29) is 31.0 Å². The summed E-state index contributed by atoms with van der Waals surface area (Å²) in [6.45, 7) is 2.12. The molecule has 0 heterocycles. The minimum absolute atomic E-state index is 0. The number of ether oxygens (including phenoxy) is 2. The van der Waals surface area contributed by atoms with Gasteiger partial charge >= 0.3 is 5.97 Å². The first-order valence-electron chi connectivity index (χ1n) is 7.35. The van der Waals surface area contributed by atoms with E-state index in [2.05, 4.69) is 6.07 Å². The van der Waals surface area contributed by atoms with Crippen molar-refractivity contribution in [3.8, 4) is 5.75 Å². The van der Waals surface area contributed by atoms with Crippen molar-refractivity contribution in [1.82, 2.24) is 0 Å². The van der Waals surface area contributed by atoms with E-state index >= 15 is 0 Å². The van der Waals surface area contributed by atoms with Gasteiger partial charge in [-0.25, -0.2) is 4.79 Å². The molecule has 1 unspecified atom stereocenters. The van der Waals surface area contributed by atoms with Gasteiger partial charge in [0.15, 0.2) is 6.61 Å². The molecule has 2 rings (SSSR count). The second-order valence-corrected chi connectivity index (χ2v) is 5.23. The van der Waals surface area contributed by atoms with Gasteiger partial charge in [-0.05, 0) is 55.9 Å². The van der Waals surface area contributed by atoms with Gasteiger partial charge in [-0.15, -0.1) is 12.4 Å². The Hall–Kier alpha value is -1.26. The number of nitrogens with two attached hydrogens (primary N) is 1. The van der Waals surface area contributed by atoms with Gasteiger partial charge in [0.25, 0.3) is 0 Å². The molecule has 1 aromatic carbocycles. The highest BCUT2D eigenvalue weighted by molar-refractivity contribution is 5.85. The third-order valence-corrected chi connectivity index (χ3v) is 3.59. The molecule has 0 aliphatic heterocycles. The number of hydrogen-bond acceptors (Lipinski definition) is 4. The lowest BCUT2D eigenvalue weighted by Crippen LogP contribution is -2.24. The van der Waals surface area contributed by atoms with Crippen LogP contribution in [0.5, 0.6) is 5.75 Å². The number of carbonyl (C=O) groups excluding carboxylic acids is 1. The number of benzene rings is 1. The van der Waals surface area contributed by atoms with Crippen LogP contribution in [0.4, 0.5) is 0 Å². The number of hydrogen-bond donors (Lipinski definition) is 1. The molecule has 0 saturated heterocycles. The maximum atomic E-state index is 11.3. The molecular formula is C16H24ClNO3. The van der Waals surface area contributed by atoms with Crippen LogP contribution in [0, 0.1) is 0 Å². The zero-order valence-electron chi connectivity index (χ0n) is 12.5. The molecule has 0 bridgehead atoms. The lowest BCUT2D eigenvalue weighted by molar-refractivity contribution is -0.145. The van der Waals surface area contributed by atoms with Crippen LogP contribution in [0.1, 0.15) is 37.3 Å². The topological polar surface area (TPSA) is 61.5 Å². The molecule has 5 heteroatoms. The molecule has 0 radical (unpaired) electrons. The molecular weight excluding hydrogens is 290 g/mol. The predicted octanol–water partition coefficient (Wildman–Crippen LogP) is 2.65. The van der Waals surface area contributed by atoms with Crippen molar-refractivity contribution < 1.29 is 14.3 Å². The Kier molecular flexibility index (Phi) is 7.54. The lowest BCUT2D eigenvalue weighted by Gasteiger charge is -2.19. The molecule has 21 heavy (non-hydrogen) atoms. The maximum Gasteiger partial charge on any atom is 0.344 e. The Morgan fingerprint density at radius 2 is 2.14 bits per heavy atom. The van der Waals surface area contributed by atoms with Crippen LogP contribution in [0.3, 0.4) is 0 Å². The number of carbonyl (C=O) groups is 1. The Morgan fingerprint density at radius 3 is 2.90 bits per heavy atom. The van der Waals surface area contributed by atoms with Crippen LogP contribution in [0.2, 0.25) is 0 Å². The summed E-state index contributed by atoms with van der Waals surface area (Å²) in [6, 6.07) is 6.24. The summed E-state index contributed by atoms with van der Waals surface area (Å²) in [5.74, 6) is 0.375. The molecule has 1 aliphatic carbocycles. The molecule has 0 spiro atoms. The zero-order valence-corrected chi connectivity index (χ0v) is 13.3. The number of rotatable bonds is 4. The molecule has 0 saturated carbocycles. The van der Waals surface area contributed by atoms with E-state index in [1.807, 2.05) is 12.1 Å². The van der Waals surface area contributed by atoms with Crippen molar-refractivity contribution in [2.45, 2.75) is 45.1 Å². The van der Waals surface area contributed by atoms with Crippen molar-refractivity contribution >= 4 is 18.4 Å². The van der Waals surface area contributed by atoms with Gasteiger partial charge in [-0.2, -0.15) is 0 Å². The molecule has 0 aromatic heterocycles. The summed E-state index contributed by atoms with van der Waals surface area (Å²) in [5, 5.41) is 0. The first kappa shape index (κ1) is 17.8. The van der Waals surface area contributed by atoms with E-state index in [1.54, 1.807) is 6.92 Å². The van der Waals surface area contributed by atoms with Crippen molar-refractivity contribution in [3.05, 3.63) is 29.3 Å². The first-order chi connectivity index (χ1) is 9.69. The Balaban J connectivity index is 0.00000220. The Bertz CT molecular complexity index is 465. The van der Waals surface area contributed by atoms with Gasteiger partial charge in [0.05, 0.1) is 6.61 Å². The molecule has 1 aromatic rings. The van der Waals surface area contributed by atoms with E-state index < -0.39 is 0 Å². The Morgan fingerprint density at radius 1 is 1.33 bits per heavy atom. The molecule has 118 valence electrons. The van der Waals surface area contributed by atoms with Crippen LogP contribution in [0.25, 0.3) is 0 Å². The van der Waals surface area contributed by atoms with Crippen molar-refractivity contribution in [3.63, 3.8) is 0 Å². The fourth-order valence-electron chi connectivity index (χ4n) is 2.58. The van der Waals surface area contributed by atoms with Crippen molar-refractivity contribution in [2.24, 2.45) is 5.73 Å². The van der Waals surface area contributed by atoms with Gasteiger partial charge in [0, 0.05) is 6.04 Å². The largest absolute Gasteiger partial charge is 0.482 e. The van der Waals surface area contributed by atoms with Crippen LogP contribution >= 0.6 is 12.4 Å². The molecule has 1 atom stereocenters. The van der Waals surface area contributed by atoms with E-state index in [1.165, 1.54) is 24.0 Å². The second-order valence-electron chi connectivity index (χ2n) is 5.23. The second kappa shape index (κ2) is 8.90. The van der Waals surface area contributed by atoms with E-state index in [9.17, 15) is 4.79 Å². The minimum Gasteiger partial charge on any atom is -0.482 e. The minimum atomic E-state index is -0.337. The van der Waals surface area contributed by atoms with E-state index in [4.69, 9.17) is 15.2 Å². The highest BCUT2D eigenvalue weighted by Crippen LogP contribution is 2.24. The molecule has 2 N–H and O–H groups in total. The normalized spacial score (nSPS) is 17.7. The van der Waals surface area contributed by atoms with Crippen LogP contribution < -0.4 is 10.5 Å². The predicted molar refractivity (Wildman–Crippen MR) is 85.1 cm³/mol. The van der Waals surface area contributed by atoms with Crippen LogP contribution in [0.15, 0.2) is 18.2 Å². The van der Waals surface area contributed by atoms with Crippen molar-refractivity contribution in [1.29, 1.82) is 0 Å². The average molecular weight is 314 g/mol. The first-order valence-corrected chi connectivity index (χ1v) is 7.35. The quantitative estimate of drug-likeness (QED) is 0.868. The van der Waals surface area contributed by atoms with E-state index in [0.29, 0.717) is 12.4 Å². The summed E-state index contributed by atoms with van der Waals surface area (Å²) >= 11 is 0. The zero-order chi connectivity index (χ0) is 14.4. The summed E-state index contributed by atoms with van der Waals surface area (Å²) in [4.78, 5) is 11.3. The fraction of sp³-hybridized carbons (Fsp3) is 0.562. The van der Waals surface area contributed by atoms with Crippen molar-refractivity contribution in [2.75, 3.05) is 13.2 Å². The summed E-state index contributed by atoms with van der Waals surface area (Å²) in [7, 11) is 0. The van der Waals surface area contributed by atoms with Gasteiger partial charge in [0.1, 0.15) is 5.75 Å². The highest BCUT2D eigenvalue weighted by atomic mass is 35.5. The average Bonchev–Trinajstić information content (AvgIpc) is 2.41. The number of esters is 1. The molecule has 1 aliphatic rings. The highest BCUT2D eigenvalue weighted by Gasteiger charge is 2.13. The van der Waals surface area contributed by atoms with Gasteiger partial charge in [-0.1, -0.05) is 12.5 Å². The fourth-order valence-corrected chi connectivity index (χ4v) is 2.58. The van der Waals surface area contributed by atoms with Crippen LogP contribution in [-0.4, -0.2) is 25.2 Å². The van der Waals surface area contributed by atoms with Gasteiger partial charge in [-0.3, -0.25) is 0 Å². The molecule has 4 nitrogen and oxygen atoms in total. The summed E-state index contributed by atoms with van der Waals surface area (Å²) in [5.41, 5.74) is 8.72. The third-order valence-electron chi connectivity index (χ3n) is 3.59. The molecule has 0 fully saturated rings. The smallest absolute Gasteiger partial charge is 0.344 e. The third kappa shape index (κ3) is 5.56. The standard InChI is InChI=1S/C16H23NO3.ClH/c1-2-19-16(18)11-20-15-8-7-12-5-3-4-6-14(17)9-13(12)10-15;/h7-8,10,14H,2-6,9,11,17H2,1H3;1H. The SMILES string of the molecule is CCOC(=O)COc1ccc2c(c1)CC(N)CCCC2.Cl. The lowest BCUT2D eigenvalue weighted by atomic mass is 9.91. The van der Waals surface area contributed by atoms with E-state index in [0.717, 1.165) is 19.3 Å². The number of halogens is 1. The molecule has 0 amide bonds. The summed E-state index contributed by atoms with van der Waals surface area (Å²) in [6.07, 6.45) is 5.44. The number of aryl methyl sites for hydroxylation is 1. The Labute approximate surface area is 132 Å². The monoisotopic (exact) mass is 313 g/mol. The maximum absolute atomic E-state index is 11.3. The summed E-state index contributed by atoms with van der Waals surface area (Å²) < 4.78 is 10.3.